The minimum Gasteiger partial charge on any atom is -0.503 e. The highest BCUT2D eigenvalue weighted by Crippen LogP contribution is 2.40. The van der Waals surface area contributed by atoms with Gasteiger partial charge in [0.15, 0.2) is 11.5 Å². The van der Waals surface area contributed by atoms with Gasteiger partial charge in [-0.25, -0.2) is 0 Å². The van der Waals surface area contributed by atoms with Crippen LogP contribution in [0.5, 0.6) is 5.75 Å². The number of benzene rings is 2. The summed E-state index contributed by atoms with van der Waals surface area (Å²) < 4.78 is 16.7. The summed E-state index contributed by atoms with van der Waals surface area (Å²) in [6.45, 7) is 0.902. The molecule has 2 aromatic carbocycles. The molecule has 3 heterocycles. The van der Waals surface area contributed by atoms with E-state index in [2.05, 4.69) is 0 Å². The summed E-state index contributed by atoms with van der Waals surface area (Å²) in [5.41, 5.74) is 1.14. The van der Waals surface area contributed by atoms with Crippen LogP contribution in [0.4, 0.5) is 0 Å². The Labute approximate surface area is 195 Å². The number of ketones is 1. The van der Waals surface area contributed by atoms with Crippen molar-refractivity contribution in [1.29, 1.82) is 0 Å². The summed E-state index contributed by atoms with van der Waals surface area (Å²) in [5, 5.41) is 12.0. The Morgan fingerprint density at radius 3 is 2.70 bits per heavy atom. The second-order valence-electron chi connectivity index (χ2n) is 8.15. The molecule has 2 aliphatic rings. The highest BCUT2D eigenvalue weighted by molar-refractivity contribution is 6.31. The Morgan fingerprint density at radius 1 is 1.21 bits per heavy atom. The number of ether oxygens (including phenoxy) is 2. The lowest BCUT2D eigenvalue weighted by atomic mass is 9.94. The van der Waals surface area contributed by atoms with Crippen LogP contribution in [-0.2, 0) is 9.53 Å². The van der Waals surface area contributed by atoms with E-state index in [1.165, 1.54) is 4.90 Å². The number of carbonyl (C=O) groups excluding carboxylic acids is 2. The van der Waals surface area contributed by atoms with Crippen LogP contribution in [0.1, 0.15) is 35.0 Å². The van der Waals surface area contributed by atoms with Crippen molar-refractivity contribution in [2.24, 2.45) is 0 Å². The smallest absolute Gasteiger partial charge is 0.290 e. The zero-order chi connectivity index (χ0) is 23.1. The number of furan rings is 1. The first kappa shape index (κ1) is 21.6. The zero-order valence-corrected chi connectivity index (χ0v) is 18.7. The van der Waals surface area contributed by atoms with Gasteiger partial charge < -0.3 is 23.9 Å². The zero-order valence-electron chi connectivity index (χ0n) is 17.9. The van der Waals surface area contributed by atoms with Crippen LogP contribution in [-0.4, -0.2) is 48.1 Å². The Hall–Kier alpha value is -3.29. The van der Waals surface area contributed by atoms with Crippen LogP contribution in [0, 0.1) is 0 Å². The lowest BCUT2D eigenvalue weighted by Gasteiger charge is -2.28. The van der Waals surface area contributed by atoms with E-state index >= 15 is 0 Å². The highest BCUT2D eigenvalue weighted by atomic mass is 35.5. The fraction of sp³-hybridized carbons (Fsp3) is 0.280. The van der Waals surface area contributed by atoms with Crippen molar-refractivity contribution in [3.63, 3.8) is 0 Å². The normalized spacial score (nSPS) is 20.8. The summed E-state index contributed by atoms with van der Waals surface area (Å²) in [6.07, 6.45) is 1.57. The van der Waals surface area contributed by atoms with Gasteiger partial charge in [0.05, 0.1) is 24.8 Å². The molecule has 0 aliphatic carbocycles. The van der Waals surface area contributed by atoms with Crippen LogP contribution >= 0.6 is 11.6 Å². The molecular formula is C25H22ClNO6. The number of fused-ring (bicyclic) bond motifs is 1. The molecule has 2 atom stereocenters. The van der Waals surface area contributed by atoms with E-state index in [0.717, 1.165) is 12.8 Å². The van der Waals surface area contributed by atoms with Crippen molar-refractivity contribution in [2.45, 2.75) is 25.0 Å². The Bertz CT molecular complexity index is 1260. The summed E-state index contributed by atoms with van der Waals surface area (Å²) in [4.78, 5) is 28.2. The van der Waals surface area contributed by atoms with E-state index in [4.69, 9.17) is 25.5 Å². The van der Waals surface area contributed by atoms with Gasteiger partial charge in [-0.05, 0) is 54.8 Å². The van der Waals surface area contributed by atoms with Gasteiger partial charge in [-0.15, -0.1) is 0 Å². The molecule has 8 heteroatoms. The van der Waals surface area contributed by atoms with E-state index in [0.29, 0.717) is 33.9 Å². The number of rotatable bonds is 6. The quantitative estimate of drug-likeness (QED) is 0.521. The number of carbonyl (C=O) groups is 2. The molecule has 0 bridgehead atoms. The number of aliphatic hydroxyl groups is 1. The van der Waals surface area contributed by atoms with Crippen molar-refractivity contribution in [3.05, 3.63) is 76.2 Å². The highest BCUT2D eigenvalue weighted by Gasteiger charge is 2.45. The van der Waals surface area contributed by atoms with Gasteiger partial charge in [0.2, 0.25) is 5.78 Å². The van der Waals surface area contributed by atoms with Crippen molar-refractivity contribution in [3.8, 4) is 5.75 Å². The van der Waals surface area contributed by atoms with Gasteiger partial charge in [-0.1, -0.05) is 23.7 Å². The van der Waals surface area contributed by atoms with Crippen LogP contribution < -0.4 is 4.74 Å². The predicted molar refractivity (Wildman–Crippen MR) is 122 cm³/mol. The maximum atomic E-state index is 13.6. The molecule has 1 N–H and O–H groups in total. The van der Waals surface area contributed by atoms with Crippen molar-refractivity contribution >= 4 is 34.3 Å². The molecular weight excluding hydrogens is 446 g/mol. The first-order valence-corrected chi connectivity index (χ1v) is 11.1. The van der Waals surface area contributed by atoms with E-state index < -0.39 is 23.5 Å². The van der Waals surface area contributed by atoms with E-state index in [-0.39, 0.29) is 24.0 Å². The molecule has 0 radical (unpaired) electrons. The van der Waals surface area contributed by atoms with Crippen LogP contribution in [0.15, 0.2) is 64.3 Å². The average molecular weight is 468 g/mol. The standard InChI is InChI=1S/C25H22ClNO6/c1-31-17-7-4-14(5-8-17)22-21(24(29)25(30)27(22)13-18-3-2-10-32-18)23(28)20-12-15-11-16(26)6-9-19(15)33-20/h4-9,11-12,18,22,29H,2-3,10,13H2,1H3. The summed E-state index contributed by atoms with van der Waals surface area (Å²) >= 11 is 6.06. The van der Waals surface area contributed by atoms with Crippen molar-refractivity contribution in [2.75, 3.05) is 20.3 Å². The average Bonchev–Trinajstić information content (AvgIpc) is 3.54. The van der Waals surface area contributed by atoms with Crippen LogP contribution in [0.3, 0.4) is 0 Å². The molecule has 2 aliphatic heterocycles. The second kappa shape index (κ2) is 8.57. The molecule has 0 spiro atoms. The third kappa shape index (κ3) is 3.87. The van der Waals surface area contributed by atoms with Gasteiger partial charge in [-0.2, -0.15) is 0 Å². The van der Waals surface area contributed by atoms with Gasteiger partial charge in [-0.3, -0.25) is 9.59 Å². The minimum absolute atomic E-state index is 0.0201. The summed E-state index contributed by atoms with van der Waals surface area (Å²) in [6, 6.07) is 12.9. The third-order valence-electron chi connectivity index (χ3n) is 6.11. The molecule has 1 fully saturated rings. The molecule has 3 aromatic rings. The molecule has 5 rings (SSSR count). The third-order valence-corrected chi connectivity index (χ3v) is 6.34. The number of hydrogen-bond donors (Lipinski definition) is 1. The topological polar surface area (TPSA) is 89.2 Å². The fourth-order valence-electron chi connectivity index (χ4n) is 4.47. The maximum absolute atomic E-state index is 13.6. The van der Waals surface area contributed by atoms with E-state index in [1.807, 2.05) is 0 Å². The molecule has 1 aromatic heterocycles. The molecule has 2 unspecified atom stereocenters. The number of Topliss-reactive ketones (excluding diaryl/α,β-unsaturated/α-hetero) is 1. The summed E-state index contributed by atoms with van der Waals surface area (Å²) in [5.74, 6) is -1.06. The number of aliphatic hydroxyl groups excluding tert-OH is 1. The largest absolute Gasteiger partial charge is 0.503 e. The van der Waals surface area contributed by atoms with Crippen LogP contribution in [0.25, 0.3) is 11.0 Å². The molecule has 170 valence electrons. The maximum Gasteiger partial charge on any atom is 0.290 e. The van der Waals surface area contributed by atoms with Gasteiger partial charge in [0, 0.05) is 23.6 Å². The first-order chi connectivity index (χ1) is 16.0. The van der Waals surface area contributed by atoms with Crippen molar-refractivity contribution in [1.82, 2.24) is 4.90 Å². The molecule has 0 saturated carbocycles. The summed E-state index contributed by atoms with van der Waals surface area (Å²) in [7, 11) is 1.56. The van der Waals surface area contributed by atoms with Gasteiger partial charge >= 0.3 is 0 Å². The molecule has 7 nitrogen and oxygen atoms in total. The van der Waals surface area contributed by atoms with Gasteiger partial charge in [0.1, 0.15) is 11.3 Å². The van der Waals surface area contributed by atoms with Crippen molar-refractivity contribution < 1.29 is 28.6 Å². The SMILES string of the molecule is COc1ccc(C2C(C(=O)c3cc4cc(Cl)ccc4o3)=C(O)C(=O)N2CC2CCCO2)cc1. The molecule has 1 amide bonds. The number of hydrogen-bond acceptors (Lipinski definition) is 6. The van der Waals surface area contributed by atoms with Crippen LogP contribution in [0.2, 0.25) is 5.02 Å². The predicted octanol–water partition coefficient (Wildman–Crippen LogP) is 4.85. The minimum atomic E-state index is -0.781. The Balaban J connectivity index is 1.56. The first-order valence-electron chi connectivity index (χ1n) is 10.7. The lowest BCUT2D eigenvalue weighted by Crippen LogP contribution is -2.37. The lowest BCUT2D eigenvalue weighted by molar-refractivity contribution is -0.131. The van der Waals surface area contributed by atoms with E-state index in [9.17, 15) is 14.7 Å². The monoisotopic (exact) mass is 467 g/mol. The molecule has 1 saturated heterocycles. The second-order valence-corrected chi connectivity index (χ2v) is 8.59. The van der Waals surface area contributed by atoms with E-state index in [1.54, 1.807) is 55.6 Å². The molecule has 33 heavy (non-hydrogen) atoms. The number of nitrogens with zero attached hydrogens (tertiary/aromatic N) is 1. The number of halogens is 1. The number of amides is 1. The Kier molecular flexibility index (Phi) is 5.60. The fourth-order valence-corrected chi connectivity index (χ4v) is 4.65. The van der Waals surface area contributed by atoms with Gasteiger partial charge in [0.25, 0.3) is 5.91 Å². The Morgan fingerprint density at radius 2 is 2.00 bits per heavy atom. The number of methoxy groups -OCH3 is 1.